The van der Waals surface area contributed by atoms with E-state index in [1.807, 2.05) is 13.8 Å². The molecule has 28 heavy (non-hydrogen) atoms. The Balaban J connectivity index is 1.39. The number of halogens is 1. The normalized spacial score (nSPS) is 16.9. The zero-order valence-electron chi connectivity index (χ0n) is 15.7. The second kappa shape index (κ2) is 7.49. The standard InChI is InChI=1S/C19H21FN6O2/c1-12(2)18-21-19(28-23-18)16-11-26(24-22-16)15-7-8-25(10-15)17(27)9-13-3-5-14(20)6-4-13/h3-6,11-12,15H,7-10H2,1-2H3/t15-/m1/s1. The summed E-state index contributed by atoms with van der Waals surface area (Å²) in [6.07, 6.45) is 2.82. The molecule has 1 atom stereocenters. The van der Waals surface area contributed by atoms with E-state index in [-0.39, 0.29) is 30.1 Å². The molecule has 0 aliphatic carbocycles. The fourth-order valence-electron chi connectivity index (χ4n) is 3.20. The van der Waals surface area contributed by atoms with Crippen molar-refractivity contribution >= 4 is 5.91 Å². The molecular weight excluding hydrogens is 363 g/mol. The second-order valence-corrected chi connectivity index (χ2v) is 7.28. The van der Waals surface area contributed by atoms with Crippen LogP contribution >= 0.6 is 0 Å². The van der Waals surface area contributed by atoms with Crippen molar-refractivity contribution in [2.75, 3.05) is 13.1 Å². The van der Waals surface area contributed by atoms with Crippen molar-refractivity contribution in [3.63, 3.8) is 0 Å². The van der Waals surface area contributed by atoms with Crippen LogP contribution in [0.25, 0.3) is 11.6 Å². The lowest BCUT2D eigenvalue weighted by atomic mass is 10.1. The molecule has 4 rings (SSSR count). The number of likely N-dealkylation sites (tertiary alicyclic amines) is 1. The smallest absolute Gasteiger partial charge is 0.280 e. The average molecular weight is 384 g/mol. The van der Waals surface area contributed by atoms with Crippen molar-refractivity contribution in [3.8, 4) is 11.6 Å². The summed E-state index contributed by atoms with van der Waals surface area (Å²) in [5.74, 6) is 0.859. The molecule has 0 spiro atoms. The molecule has 0 bridgehead atoms. The molecule has 3 aromatic rings. The van der Waals surface area contributed by atoms with Crippen LogP contribution in [0, 0.1) is 5.82 Å². The van der Waals surface area contributed by atoms with E-state index in [0.717, 1.165) is 12.0 Å². The van der Waals surface area contributed by atoms with E-state index < -0.39 is 0 Å². The number of benzene rings is 1. The number of amides is 1. The SMILES string of the molecule is CC(C)c1noc(-c2cn([C@@H]3CCN(C(=O)Cc4ccc(F)cc4)C3)nn2)n1. The van der Waals surface area contributed by atoms with E-state index in [9.17, 15) is 9.18 Å². The largest absolute Gasteiger partial charge is 0.340 e. The highest BCUT2D eigenvalue weighted by Crippen LogP contribution is 2.24. The molecule has 0 N–H and O–H groups in total. The number of hydrogen-bond acceptors (Lipinski definition) is 6. The van der Waals surface area contributed by atoms with Crippen LogP contribution in [0.5, 0.6) is 0 Å². The minimum atomic E-state index is -0.304. The third-order valence-electron chi connectivity index (χ3n) is 4.85. The molecule has 0 saturated carbocycles. The van der Waals surface area contributed by atoms with E-state index in [4.69, 9.17) is 4.52 Å². The molecule has 2 aromatic heterocycles. The van der Waals surface area contributed by atoms with Crippen molar-refractivity contribution < 1.29 is 13.7 Å². The zero-order valence-corrected chi connectivity index (χ0v) is 15.7. The highest BCUT2D eigenvalue weighted by molar-refractivity contribution is 5.79. The molecule has 1 aromatic carbocycles. The van der Waals surface area contributed by atoms with E-state index in [1.54, 1.807) is 27.9 Å². The van der Waals surface area contributed by atoms with Gasteiger partial charge < -0.3 is 9.42 Å². The van der Waals surface area contributed by atoms with Gasteiger partial charge in [0.1, 0.15) is 5.82 Å². The van der Waals surface area contributed by atoms with Crippen LogP contribution in [0.3, 0.4) is 0 Å². The summed E-state index contributed by atoms with van der Waals surface area (Å²) >= 11 is 0. The highest BCUT2D eigenvalue weighted by Gasteiger charge is 2.28. The fourth-order valence-corrected chi connectivity index (χ4v) is 3.20. The average Bonchev–Trinajstić information content (AvgIpc) is 3.42. The van der Waals surface area contributed by atoms with Gasteiger partial charge in [0.15, 0.2) is 11.5 Å². The van der Waals surface area contributed by atoms with E-state index >= 15 is 0 Å². The Morgan fingerprint density at radius 3 is 2.82 bits per heavy atom. The molecule has 8 nitrogen and oxygen atoms in total. The van der Waals surface area contributed by atoms with Crippen LogP contribution in [0.2, 0.25) is 0 Å². The lowest BCUT2D eigenvalue weighted by Gasteiger charge is -2.16. The maximum absolute atomic E-state index is 13.0. The van der Waals surface area contributed by atoms with Gasteiger partial charge in [0.2, 0.25) is 5.91 Å². The molecule has 3 heterocycles. The summed E-state index contributed by atoms with van der Waals surface area (Å²) < 4.78 is 20.0. The first-order valence-electron chi connectivity index (χ1n) is 9.27. The summed E-state index contributed by atoms with van der Waals surface area (Å²) in [6.45, 7) is 5.19. The molecular formula is C19H21FN6O2. The number of carbonyl (C=O) groups excluding carboxylic acids is 1. The van der Waals surface area contributed by atoms with Gasteiger partial charge in [-0.25, -0.2) is 9.07 Å². The first kappa shape index (κ1) is 18.3. The lowest BCUT2D eigenvalue weighted by Crippen LogP contribution is -2.30. The molecule has 1 aliphatic heterocycles. The minimum absolute atomic E-state index is 0.0212. The second-order valence-electron chi connectivity index (χ2n) is 7.28. The molecule has 1 fully saturated rings. The predicted molar refractivity (Wildman–Crippen MR) is 97.7 cm³/mol. The summed E-state index contributed by atoms with van der Waals surface area (Å²) in [5.41, 5.74) is 1.32. The molecule has 1 saturated heterocycles. The maximum Gasteiger partial charge on any atom is 0.280 e. The summed E-state index contributed by atoms with van der Waals surface area (Å²) in [7, 11) is 0. The van der Waals surface area contributed by atoms with Crippen molar-refractivity contribution in [2.24, 2.45) is 0 Å². The van der Waals surface area contributed by atoms with Gasteiger partial charge in [-0.2, -0.15) is 4.98 Å². The van der Waals surface area contributed by atoms with Crippen LogP contribution < -0.4 is 0 Å². The van der Waals surface area contributed by atoms with Gasteiger partial charge >= 0.3 is 0 Å². The number of nitrogens with zero attached hydrogens (tertiary/aromatic N) is 6. The van der Waals surface area contributed by atoms with E-state index in [1.165, 1.54) is 12.1 Å². The quantitative estimate of drug-likeness (QED) is 0.672. The van der Waals surface area contributed by atoms with Gasteiger partial charge in [0.25, 0.3) is 5.89 Å². The van der Waals surface area contributed by atoms with Crippen LogP contribution in [0.15, 0.2) is 35.0 Å². The Bertz CT molecular complexity index is 965. The fraction of sp³-hybridized carbons (Fsp3) is 0.421. The zero-order chi connectivity index (χ0) is 19.7. The number of carbonyl (C=O) groups is 1. The summed E-state index contributed by atoms with van der Waals surface area (Å²) in [4.78, 5) is 18.7. The van der Waals surface area contributed by atoms with Gasteiger partial charge in [0, 0.05) is 19.0 Å². The van der Waals surface area contributed by atoms with Crippen molar-refractivity contribution in [1.82, 2.24) is 30.0 Å². The van der Waals surface area contributed by atoms with Gasteiger partial charge in [-0.15, -0.1) is 5.10 Å². The van der Waals surface area contributed by atoms with Crippen LogP contribution in [-0.2, 0) is 11.2 Å². The van der Waals surface area contributed by atoms with Crippen molar-refractivity contribution in [3.05, 3.63) is 47.7 Å². The number of hydrogen-bond donors (Lipinski definition) is 0. The summed E-state index contributed by atoms with van der Waals surface area (Å²) in [5, 5.41) is 12.2. The first-order chi connectivity index (χ1) is 13.5. The third kappa shape index (κ3) is 3.78. The molecule has 1 aliphatic rings. The van der Waals surface area contributed by atoms with E-state index in [0.29, 0.717) is 30.5 Å². The molecule has 0 unspecified atom stereocenters. The first-order valence-corrected chi connectivity index (χ1v) is 9.27. The third-order valence-corrected chi connectivity index (χ3v) is 4.85. The molecule has 146 valence electrons. The Kier molecular flexibility index (Phi) is 4.89. The van der Waals surface area contributed by atoms with Gasteiger partial charge in [-0.3, -0.25) is 4.79 Å². The Morgan fingerprint density at radius 2 is 2.11 bits per heavy atom. The Hall–Kier alpha value is -3.10. The number of aromatic nitrogens is 5. The lowest BCUT2D eigenvalue weighted by molar-refractivity contribution is -0.129. The van der Waals surface area contributed by atoms with Crippen molar-refractivity contribution in [2.45, 2.75) is 38.6 Å². The summed E-state index contributed by atoms with van der Waals surface area (Å²) in [6, 6.07) is 6.06. The van der Waals surface area contributed by atoms with Gasteiger partial charge in [0.05, 0.1) is 18.7 Å². The predicted octanol–water partition coefficient (Wildman–Crippen LogP) is 2.61. The van der Waals surface area contributed by atoms with Crippen LogP contribution in [0.4, 0.5) is 4.39 Å². The van der Waals surface area contributed by atoms with Crippen LogP contribution in [-0.4, -0.2) is 49.0 Å². The Labute approximate surface area is 161 Å². The Morgan fingerprint density at radius 1 is 1.32 bits per heavy atom. The van der Waals surface area contributed by atoms with Gasteiger partial charge in [-0.05, 0) is 24.1 Å². The molecule has 0 radical (unpaired) electrons. The van der Waals surface area contributed by atoms with Crippen molar-refractivity contribution in [1.29, 1.82) is 0 Å². The minimum Gasteiger partial charge on any atom is -0.340 e. The monoisotopic (exact) mass is 384 g/mol. The van der Waals surface area contributed by atoms with Crippen LogP contribution in [0.1, 0.15) is 43.6 Å². The van der Waals surface area contributed by atoms with E-state index in [2.05, 4.69) is 20.5 Å². The maximum atomic E-state index is 13.0. The highest BCUT2D eigenvalue weighted by atomic mass is 19.1. The molecule has 9 heteroatoms. The van der Waals surface area contributed by atoms with Gasteiger partial charge in [-0.1, -0.05) is 36.4 Å². The topological polar surface area (TPSA) is 89.9 Å². The number of rotatable bonds is 5. The molecule has 1 amide bonds.